The maximum atomic E-state index is 11.4. The standard InChI is InChI=1S/C9H15N3O2/c10-5-1-2-6-11-9(14)7-3-4-8(13)12-7/h1-2,7H,3-6,10H2,(H,11,14)(H,12,13)/b2-1+. The van der Waals surface area contributed by atoms with E-state index in [9.17, 15) is 9.59 Å². The van der Waals surface area contributed by atoms with Gasteiger partial charge in [-0.3, -0.25) is 9.59 Å². The Hall–Kier alpha value is -1.36. The van der Waals surface area contributed by atoms with Crippen LogP contribution in [0.5, 0.6) is 0 Å². The second-order valence-electron chi connectivity index (χ2n) is 3.11. The maximum absolute atomic E-state index is 11.4. The summed E-state index contributed by atoms with van der Waals surface area (Å²) in [7, 11) is 0. The summed E-state index contributed by atoms with van der Waals surface area (Å²) in [6.07, 6.45) is 4.59. The molecule has 0 aromatic rings. The molecule has 1 aliphatic rings. The highest BCUT2D eigenvalue weighted by molar-refractivity contribution is 5.90. The lowest BCUT2D eigenvalue weighted by Gasteiger charge is -2.08. The van der Waals surface area contributed by atoms with E-state index in [0.29, 0.717) is 25.9 Å². The minimum absolute atomic E-state index is 0.0531. The Balaban J connectivity index is 2.22. The molecule has 0 bridgehead atoms. The van der Waals surface area contributed by atoms with Gasteiger partial charge >= 0.3 is 0 Å². The Bertz CT molecular complexity index is 250. The third kappa shape index (κ3) is 3.18. The molecule has 0 aromatic heterocycles. The Morgan fingerprint density at radius 2 is 2.43 bits per heavy atom. The van der Waals surface area contributed by atoms with Gasteiger partial charge in [-0.05, 0) is 6.42 Å². The molecule has 1 fully saturated rings. The van der Waals surface area contributed by atoms with Crippen molar-refractivity contribution in [3.05, 3.63) is 12.2 Å². The minimum atomic E-state index is -0.353. The first kappa shape index (κ1) is 10.7. The van der Waals surface area contributed by atoms with Gasteiger partial charge in [0, 0.05) is 19.5 Å². The zero-order valence-electron chi connectivity index (χ0n) is 7.95. The van der Waals surface area contributed by atoms with Crippen molar-refractivity contribution in [1.29, 1.82) is 0 Å². The van der Waals surface area contributed by atoms with Crippen LogP contribution in [0.4, 0.5) is 0 Å². The van der Waals surface area contributed by atoms with Crippen LogP contribution < -0.4 is 16.4 Å². The Morgan fingerprint density at radius 1 is 1.64 bits per heavy atom. The van der Waals surface area contributed by atoms with Gasteiger partial charge in [-0.25, -0.2) is 0 Å². The molecule has 1 saturated heterocycles. The molecule has 1 rings (SSSR count). The van der Waals surface area contributed by atoms with Gasteiger partial charge in [0.2, 0.25) is 11.8 Å². The van der Waals surface area contributed by atoms with Gasteiger partial charge in [0.15, 0.2) is 0 Å². The number of rotatable bonds is 4. The van der Waals surface area contributed by atoms with Crippen molar-refractivity contribution >= 4 is 11.8 Å². The second-order valence-corrected chi connectivity index (χ2v) is 3.11. The van der Waals surface area contributed by atoms with Crippen molar-refractivity contribution in [1.82, 2.24) is 10.6 Å². The van der Waals surface area contributed by atoms with Gasteiger partial charge in [-0.2, -0.15) is 0 Å². The largest absolute Gasteiger partial charge is 0.351 e. The molecule has 78 valence electrons. The fourth-order valence-electron chi connectivity index (χ4n) is 1.27. The first-order chi connectivity index (χ1) is 6.74. The van der Waals surface area contributed by atoms with Crippen molar-refractivity contribution in [2.45, 2.75) is 18.9 Å². The molecule has 0 radical (unpaired) electrons. The zero-order chi connectivity index (χ0) is 10.4. The number of nitrogens with one attached hydrogen (secondary N) is 2. The van der Waals surface area contributed by atoms with Gasteiger partial charge in [0.1, 0.15) is 6.04 Å². The highest BCUT2D eigenvalue weighted by Crippen LogP contribution is 2.05. The fraction of sp³-hybridized carbons (Fsp3) is 0.556. The van der Waals surface area contributed by atoms with Gasteiger partial charge in [-0.15, -0.1) is 0 Å². The highest BCUT2D eigenvalue weighted by Gasteiger charge is 2.26. The smallest absolute Gasteiger partial charge is 0.242 e. The van der Waals surface area contributed by atoms with Crippen LogP contribution in [0.15, 0.2) is 12.2 Å². The minimum Gasteiger partial charge on any atom is -0.351 e. The summed E-state index contributed by atoms with van der Waals surface area (Å²) >= 11 is 0. The number of carbonyl (C=O) groups is 2. The molecule has 0 saturated carbocycles. The number of amides is 2. The summed E-state index contributed by atoms with van der Waals surface area (Å²) in [4.78, 5) is 22.2. The molecule has 1 aliphatic heterocycles. The summed E-state index contributed by atoms with van der Waals surface area (Å²) < 4.78 is 0. The lowest BCUT2D eigenvalue weighted by molar-refractivity contribution is -0.125. The van der Waals surface area contributed by atoms with Crippen LogP contribution in [-0.4, -0.2) is 30.9 Å². The third-order valence-corrected chi connectivity index (χ3v) is 2.01. The lowest BCUT2D eigenvalue weighted by atomic mass is 10.2. The maximum Gasteiger partial charge on any atom is 0.242 e. The molecule has 0 aromatic carbocycles. The number of carbonyl (C=O) groups excluding carboxylic acids is 2. The van der Waals surface area contributed by atoms with Crippen LogP contribution >= 0.6 is 0 Å². The van der Waals surface area contributed by atoms with E-state index in [4.69, 9.17) is 5.73 Å². The van der Waals surface area contributed by atoms with Crippen LogP contribution in [0, 0.1) is 0 Å². The quantitative estimate of drug-likeness (QED) is 0.500. The normalized spacial score (nSPS) is 21.2. The summed E-state index contributed by atoms with van der Waals surface area (Å²) in [6.45, 7) is 0.929. The van der Waals surface area contributed by atoms with E-state index in [1.807, 2.05) is 0 Å². The monoisotopic (exact) mass is 197 g/mol. The Morgan fingerprint density at radius 3 is 3.00 bits per heavy atom. The summed E-state index contributed by atoms with van der Waals surface area (Å²) in [6, 6.07) is -0.353. The van der Waals surface area contributed by atoms with E-state index >= 15 is 0 Å². The predicted octanol–water partition coefficient (Wildman–Crippen LogP) is -1.10. The van der Waals surface area contributed by atoms with Crippen molar-refractivity contribution in [3.8, 4) is 0 Å². The zero-order valence-corrected chi connectivity index (χ0v) is 7.95. The molecule has 5 heteroatoms. The topological polar surface area (TPSA) is 84.2 Å². The summed E-state index contributed by atoms with van der Waals surface area (Å²) in [5, 5.41) is 5.28. The molecule has 2 amide bonds. The highest BCUT2D eigenvalue weighted by atomic mass is 16.2. The van der Waals surface area contributed by atoms with Crippen molar-refractivity contribution < 1.29 is 9.59 Å². The van der Waals surface area contributed by atoms with E-state index in [2.05, 4.69) is 10.6 Å². The van der Waals surface area contributed by atoms with E-state index in [1.54, 1.807) is 12.2 Å². The van der Waals surface area contributed by atoms with Crippen LogP contribution in [-0.2, 0) is 9.59 Å². The summed E-state index contributed by atoms with van der Waals surface area (Å²) in [5.41, 5.74) is 5.23. The molecule has 4 N–H and O–H groups in total. The molecule has 1 unspecified atom stereocenters. The average molecular weight is 197 g/mol. The van der Waals surface area contributed by atoms with Crippen LogP contribution in [0.1, 0.15) is 12.8 Å². The lowest BCUT2D eigenvalue weighted by Crippen LogP contribution is -2.41. The van der Waals surface area contributed by atoms with Gasteiger partial charge in [-0.1, -0.05) is 12.2 Å². The fourth-order valence-corrected chi connectivity index (χ4v) is 1.27. The number of hydrogen-bond donors (Lipinski definition) is 3. The molecule has 1 heterocycles. The molecular formula is C9H15N3O2. The first-order valence-corrected chi connectivity index (χ1v) is 4.66. The van der Waals surface area contributed by atoms with Gasteiger partial charge < -0.3 is 16.4 Å². The SMILES string of the molecule is NC/C=C/CNC(=O)C1CCC(=O)N1. The van der Waals surface area contributed by atoms with Crippen LogP contribution in [0.2, 0.25) is 0 Å². The molecule has 5 nitrogen and oxygen atoms in total. The third-order valence-electron chi connectivity index (χ3n) is 2.01. The van der Waals surface area contributed by atoms with Crippen LogP contribution in [0.3, 0.4) is 0 Å². The summed E-state index contributed by atoms with van der Waals surface area (Å²) in [5.74, 6) is -0.180. The number of hydrogen-bond acceptors (Lipinski definition) is 3. The first-order valence-electron chi connectivity index (χ1n) is 4.66. The average Bonchev–Trinajstić information content (AvgIpc) is 2.59. The van der Waals surface area contributed by atoms with E-state index in [0.717, 1.165) is 0 Å². The molecule has 0 aliphatic carbocycles. The molecule has 0 spiro atoms. The molecule has 1 atom stereocenters. The van der Waals surface area contributed by atoms with Crippen molar-refractivity contribution in [2.24, 2.45) is 5.73 Å². The Labute approximate surface area is 82.7 Å². The van der Waals surface area contributed by atoms with E-state index in [-0.39, 0.29) is 17.9 Å². The Kier molecular flexibility index (Phi) is 4.12. The molecule has 14 heavy (non-hydrogen) atoms. The van der Waals surface area contributed by atoms with Crippen molar-refractivity contribution in [2.75, 3.05) is 13.1 Å². The van der Waals surface area contributed by atoms with Crippen LogP contribution in [0.25, 0.3) is 0 Å². The van der Waals surface area contributed by atoms with Crippen molar-refractivity contribution in [3.63, 3.8) is 0 Å². The molecular weight excluding hydrogens is 182 g/mol. The number of nitrogens with two attached hydrogens (primary N) is 1. The second kappa shape index (κ2) is 5.39. The van der Waals surface area contributed by atoms with E-state index in [1.165, 1.54) is 0 Å². The van der Waals surface area contributed by atoms with Gasteiger partial charge in [0.05, 0.1) is 0 Å². The predicted molar refractivity (Wildman–Crippen MR) is 52.4 cm³/mol. The van der Waals surface area contributed by atoms with Gasteiger partial charge in [0.25, 0.3) is 0 Å². The van der Waals surface area contributed by atoms with E-state index < -0.39 is 0 Å².